The van der Waals surface area contributed by atoms with Gasteiger partial charge in [0.05, 0.1) is 35.1 Å². The third-order valence-electron chi connectivity index (χ3n) is 8.23. The highest BCUT2D eigenvalue weighted by molar-refractivity contribution is 7.13. The number of nitrogens with one attached hydrogen (secondary N) is 3. The number of β-amino-alcohol motifs (C(OH)–C–C–N with tert-alkyl or cyclic N) is 1. The van der Waals surface area contributed by atoms with Crippen LogP contribution in [0.2, 0.25) is 0 Å². The number of likely N-dealkylation sites (tertiary alicyclic amines) is 1. The second kappa shape index (κ2) is 13.1. The van der Waals surface area contributed by atoms with E-state index in [1.165, 1.54) is 11.3 Å². The Morgan fingerprint density at radius 1 is 1.13 bits per heavy atom. The zero-order valence-electron chi connectivity index (χ0n) is 27.3. The lowest BCUT2D eigenvalue weighted by molar-refractivity contribution is -0.145. The molecule has 4 N–H and O–H groups in total. The molecule has 4 amide bonds. The molecule has 1 aromatic heterocycles. The molecular formula is C33H43FN6O5S. The SMILES string of the molecule is [C-]#[N+]C1(C(=O)N[C@H](C(=O)N2C[C@H](O)[C@H](F)[C@H]2C(=O)N[C@@H](CC(=O)NC(C)(C)C)c2ccc(-c3scnc3C)cc2)C(C)(C)C)CC1. The van der Waals surface area contributed by atoms with E-state index in [1.807, 2.05) is 39.8 Å². The van der Waals surface area contributed by atoms with Crippen molar-refractivity contribution in [2.24, 2.45) is 5.41 Å². The van der Waals surface area contributed by atoms with Gasteiger partial charge in [0.2, 0.25) is 17.7 Å². The normalized spacial score (nSPS) is 21.9. The first-order valence-corrected chi connectivity index (χ1v) is 16.2. The Labute approximate surface area is 273 Å². The van der Waals surface area contributed by atoms with E-state index in [9.17, 15) is 24.3 Å². The van der Waals surface area contributed by atoms with E-state index < -0.39 is 71.2 Å². The maximum atomic E-state index is 15.6. The van der Waals surface area contributed by atoms with Crippen LogP contribution < -0.4 is 16.0 Å². The minimum atomic E-state index is -2.11. The lowest BCUT2D eigenvalue weighted by atomic mass is 9.85. The first-order valence-electron chi connectivity index (χ1n) is 15.3. The molecule has 2 aliphatic rings. The minimum absolute atomic E-state index is 0.165. The number of carbonyl (C=O) groups is 4. The number of carbonyl (C=O) groups excluding carboxylic acids is 4. The average Bonchev–Trinajstić information content (AvgIpc) is 3.56. The van der Waals surface area contributed by atoms with Crippen molar-refractivity contribution in [3.63, 3.8) is 0 Å². The number of nitrogens with zero attached hydrogens (tertiary/aromatic N) is 3. The summed E-state index contributed by atoms with van der Waals surface area (Å²) in [5, 5.41) is 18.8. The molecule has 11 nitrogen and oxygen atoms in total. The monoisotopic (exact) mass is 654 g/mol. The molecule has 2 heterocycles. The van der Waals surface area contributed by atoms with Crippen molar-refractivity contribution in [1.82, 2.24) is 25.8 Å². The first-order chi connectivity index (χ1) is 21.4. The van der Waals surface area contributed by atoms with Gasteiger partial charge < -0.3 is 26.0 Å². The number of hydrogen-bond donors (Lipinski definition) is 4. The number of thiazole rings is 1. The Hall–Kier alpha value is -3.89. The summed E-state index contributed by atoms with van der Waals surface area (Å²) in [4.78, 5) is 63.5. The number of halogens is 1. The molecule has 2 fully saturated rings. The fourth-order valence-corrected chi connectivity index (χ4v) is 6.32. The Bertz CT molecular complexity index is 1520. The summed E-state index contributed by atoms with van der Waals surface area (Å²) in [5.74, 6) is -2.56. The fourth-order valence-electron chi connectivity index (χ4n) is 5.51. The summed E-state index contributed by atoms with van der Waals surface area (Å²) in [6.45, 7) is 19.5. The summed E-state index contributed by atoms with van der Waals surface area (Å²) in [7, 11) is 0. The smallest absolute Gasteiger partial charge is 0.309 e. The quantitative estimate of drug-likeness (QED) is 0.305. The number of rotatable bonds is 9. The van der Waals surface area contributed by atoms with Crippen molar-refractivity contribution in [2.45, 2.75) is 109 Å². The van der Waals surface area contributed by atoms with Crippen molar-refractivity contribution in [1.29, 1.82) is 0 Å². The standard InChI is InChI=1S/C33H43FN6O5S/c1-18-26(46-17-36-18)20-11-9-19(10-12-20)21(15-23(42)39-32(5,6)7)37-28(43)25-24(34)22(41)16-40(25)29(44)27(31(2,3)4)38-30(45)33(35-8)13-14-33/h9-12,17,21-22,24-25,27,41H,13-16H2,1-7H3,(H,37,43)(H,38,45)(H,39,42)/t21-,22-,24-,25-,27+/m0/s1. The zero-order chi connectivity index (χ0) is 34.2. The number of aryl methyl sites for hydroxylation is 1. The zero-order valence-corrected chi connectivity index (χ0v) is 28.1. The van der Waals surface area contributed by atoms with Crippen LogP contribution in [0.5, 0.6) is 0 Å². The number of hydrogen-bond acceptors (Lipinski definition) is 7. The number of benzene rings is 1. The van der Waals surface area contributed by atoms with E-state index in [0.29, 0.717) is 18.4 Å². The number of amides is 4. The molecule has 0 radical (unpaired) electrons. The molecule has 46 heavy (non-hydrogen) atoms. The van der Waals surface area contributed by atoms with Gasteiger partial charge in [-0.15, -0.1) is 11.3 Å². The lowest BCUT2D eigenvalue weighted by Gasteiger charge is -2.35. The molecule has 2 aromatic rings. The van der Waals surface area contributed by atoms with Crippen LogP contribution in [0, 0.1) is 18.9 Å². The minimum Gasteiger partial charge on any atom is -0.388 e. The number of aromatic nitrogens is 1. The number of alkyl halides is 1. The van der Waals surface area contributed by atoms with Gasteiger partial charge in [-0.1, -0.05) is 45.0 Å². The summed E-state index contributed by atoms with van der Waals surface area (Å²) in [6.07, 6.45) is -3.16. The highest BCUT2D eigenvalue weighted by atomic mass is 32.1. The molecule has 248 valence electrons. The largest absolute Gasteiger partial charge is 0.388 e. The van der Waals surface area contributed by atoms with Gasteiger partial charge in [-0.05, 0) is 44.2 Å². The molecule has 0 unspecified atom stereocenters. The predicted octanol–water partition coefficient (Wildman–Crippen LogP) is 3.47. The van der Waals surface area contributed by atoms with Crippen molar-refractivity contribution < 1.29 is 28.7 Å². The van der Waals surface area contributed by atoms with Gasteiger partial charge in [-0.3, -0.25) is 24.0 Å². The highest BCUT2D eigenvalue weighted by Crippen LogP contribution is 2.41. The Balaban J connectivity index is 1.61. The molecule has 5 atom stereocenters. The number of aliphatic hydroxyl groups is 1. The second-order valence-electron chi connectivity index (χ2n) is 14.3. The van der Waals surface area contributed by atoms with Gasteiger partial charge in [-0.2, -0.15) is 0 Å². The van der Waals surface area contributed by atoms with Gasteiger partial charge in [0, 0.05) is 18.4 Å². The molecule has 13 heteroatoms. The molecule has 0 bridgehead atoms. The maximum Gasteiger partial charge on any atom is 0.309 e. The Kier molecular flexibility index (Phi) is 9.94. The van der Waals surface area contributed by atoms with E-state index in [0.717, 1.165) is 21.0 Å². The number of aliphatic hydroxyl groups excluding tert-OH is 1. The molecule has 1 aliphatic heterocycles. The molecular weight excluding hydrogens is 611 g/mol. The van der Waals surface area contributed by atoms with Crippen LogP contribution >= 0.6 is 11.3 Å². The third kappa shape index (κ3) is 7.73. The third-order valence-corrected chi connectivity index (χ3v) is 9.21. The van der Waals surface area contributed by atoms with Crippen LogP contribution in [0.4, 0.5) is 4.39 Å². The van der Waals surface area contributed by atoms with Crippen LogP contribution in [0.25, 0.3) is 15.3 Å². The summed E-state index contributed by atoms with van der Waals surface area (Å²) in [5.41, 5.74) is 1.49. The fraction of sp³-hybridized carbons (Fsp3) is 0.576. The Morgan fingerprint density at radius 3 is 2.26 bits per heavy atom. The second-order valence-corrected chi connectivity index (χ2v) is 15.2. The molecule has 1 saturated carbocycles. The maximum absolute atomic E-state index is 15.6. The summed E-state index contributed by atoms with van der Waals surface area (Å²) < 4.78 is 15.6. The van der Waals surface area contributed by atoms with Crippen LogP contribution in [0.1, 0.15) is 78.1 Å². The van der Waals surface area contributed by atoms with Crippen molar-refractivity contribution in [3.05, 3.63) is 52.5 Å². The van der Waals surface area contributed by atoms with E-state index >= 15 is 4.39 Å². The van der Waals surface area contributed by atoms with E-state index in [1.54, 1.807) is 38.4 Å². The highest BCUT2D eigenvalue weighted by Gasteiger charge is 2.60. The molecule has 1 saturated heterocycles. The summed E-state index contributed by atoms with van der Waals surface area (Å²) in [6, 6.07) is 3.47. The first kappa shape index (κ1) is 35.0. The van der Waals surface area contributed by atoms with E-state index in [-0.39, 0.29) is 12.3 Å². The molecule has 1 aliphatic carbocycles. The van der Waals surface area contributed by atoms with Gasteiger partial charge in [0.25, 0.3) is 0 Å². The van der Waals surface area contributed by atoms with Gasteiger partial charge in [0.15, 0.2) is 6.17 Å². The van der Waals surface area contributed by atoms with Gasteiger partial charge >= 0.3 is 11.4 Å². The van der Waals surface area contributed by atoms with Crippen LogP contribution in [-0.2, 0) is 19.2 Å². The van der Waals surface area contributed by atoms with Gasteiger partial charge in [-0.25, -0.2) is 15.9 Å². The topological polar surface area (TPSA) is 145 Å². The predicted molar refractivity (Wildman–Crippen MR) is 172 cm³/mol. The lowest BCUT2D eigenvalue weighted by Crippen LogP contribution is -2.60. The van der Waals surface area contributed by atoms with Crippen molar-refractivity contribution in [2.75, 3.05) is 6.54 Å². The molecule has 1 aromatic carbocycles. The van der Waals surface area contributed by atoms with Crippen LogP contribution in [0.3, 0.4) is 0 Å². The Morgan fingerprint density at radius 2 is 1.76 bits per heavy atom. The van der Waals surface area contributed by atoms with Crippen molar-refractivity contribution >= 4 is 35.0 Å². The van der Waals surface area contributed by atoms with Crippen LogP contribution in [0.15, 0.2) is 29.8 Å². The van der Waals surface area contributed by atoms with Gasteiger partial charge in [0.1, 0.15) is 18.2 Å². The molecule has 0 spiro atoms. The van der Waals surface area contributed by atoms with Crippen molar-refractivity contribution in [3.8, 4) is 10.4 Å². The average molecular weight is 655 g/mol. The summed E-state index contributed by atoms with van der Waals surface area (Å²) >= 11 is 1.49. The van der Waals surface area contributed by atoms with E-state index in [2.05, 4.69) is 25.8 Å². The van der Waals surface area contributed by atoms with Crippen LogP contribution in [-0.4, -0.2) is 80.6 Å². The molecule has 4 rings (SSSR count). The van der Waals surface area contributed by atoms with E-state index in [4.69, 9.17) is 6.57 Å².